The Morgan fingerprint density at radius 3 is 2.71 bits per heavy atom. The molecule has 0 saturated carbocycles. The van der Waals surface area contributed by atoms with Gasteiger partial charge in [0.15, 0.2) is 0 Å². The molecule has 3 rings (SSSR count). The monoisotopic (exact) mass is 286 g/mol. The van der Waals surface area contributed by atoms with Crippen molar-refractivity contribution in [3.8, 4) is 0 Å². The molecule has 4 N–H and O–H groups in total. The number of nitrogen functional groups attached to an aromatic ring is 1. The Labute approximate surface area is 124 Å². The molecule has 6 heteroatoms. The molecule has 1 aromatic carbocycles. The molecule has 1 saturated heterocycles. The maximum absolute atomic E-state index is 5.44. The second-order valence-electron chi connectivity index (χ2n) is 5.39. The van der Waals surface area contributed by atoms with Crippen LogP contribution in [0.5, 0.6) is 0 Å². The van der Waals surface area contributed by atoms with Gasteiger partial charge in [-0.05, 0) is 38.1 Å². The van der Waals surface area contributed by atoms with Crippen molar-refractivity contribution in [2.45, 2.75) is 19.3 Å². The first-order valence-electron chi connectivity index (χ1n) is 7.56. The quantitative estimate of drug-likeness (QED) is 0.575. The highest BCUT2D eigenvalue weighted by Gasteiger charge is 2.10. The smallest absolute Gasteiger partial charge is 0.239 e. The van der Waals surface area contributed by atoms with Crippen molar-refractivity contribution in [2.24, 2.45) is 5.84 Å². The Hall–Kier alpha value is -1.92. The zero-order valence-electron chi connectivity index (χ0n) is 12.2. The molecule has 1 aliphatic rings. The van der Waals surface area contributed by atoms with Crippen LogP contribution in [-0.2, 0) is 0 Å². The van der Waals surface area contributed by atoms with Gasteiger partial charge in [0.2, 0.25) is 5.95 Å². The van der Waals surface area contributed by atoms with Gasteiger partial charge in [-0.25, -0.2) is 10.8 Å². The predicted molar refractivity (Wildman–Crippen MR) is 86.1 cm³/mol. The molecular formula is C15H22N6. The van der Waals surface area contributed by atoms with Gasteiger partial charge < -0.3 is 10.2 Å². The minimum atomic E-state index is 0.439. The van der Waals surface area contributed by atoms with Crippen LogP contribution in [0.15, 0.2) is 24.3 Å². The number of anilines is 2. The third kappa shape index (κ3) is 3.40. The zero-order chi connectivity index (χ0) is 14.5. The van der Waals surface area contributed by atoms with E-state index in [0.717, 1.165) is 29.8 Å². The van der Waals surface area contributed by atoms with Gasteiger partial charge in [-0.15, -0.1) is 0 Å². The molecule has 0 bridgehead atoms. The summed E-state index contributed by atoms with van der Waals surface area (Å²) >= 11 is 0. The summed E-state index contributed by atoms with van der Waals surface area (Å²) in [6.07, 6.45) is 4.00. The lowest BCUT2D eigenvalue weighted by atomic mass is 10.1. The van der Waals surface area contributed by atoms with E-state index in [1.165, 1.54) is 32.4 Å². The van der Waals surface area contributed by atoms with Crippen molar-refractivity contribution in [1.82, 2.24) is 14.9 Å². The number of hydrogen-bond donors (Lipinski definition) is 3. The van der Waals surface area contributed by atoms with Crippen molar-refractivity contribution in [3.05, 3.63) is 24.3 Å². The van der Waals surface area contributed by atoms with E-state index in [0.29, 0.717) is 5.95 Å². The van der Waals surface area contributed by atoms with E-state index in [-0.39, 0.29) is 0 Å². The Bertz CT molecular complexity index is 594. The number of para-hydroxylation sites is 1. The average molecular weight is 286 g/mol. The van der Waals surface area contributed by atoms with Crippen molar-refractivity contribution < 1.29 is 0 Å². The molecule has 21 heavy (non-hydrogen) atoms. The number of nitrogens with one attached hydrogen (secondary N) is 2. The van der Waals surface area contributed by atoms with E-state index in [1.807, 2.05) is 24.3 Å². The third-order valence-corrected chi connectivity index (χ3v) is 3.90. The number of piperidine rings is 1. The number of nitrogens with two attached hydrogens (primary N) is 1. The van der Waals surface area contributed by atoms with Gasteiger partial charge in [0, 0.05) is 18.5 Å². The third-order valence-electron chi connectivity index (χ3n) is 3.90. The molecule has 0 amide bonds. The Kier molecular flexibility index (Phi) is 4.47. The van der Waals surface area contributed by atoms with E-state index in [2.05, 4.69) is 25.6 Å². The Morgan fingerprint density at radius 1 is 1.10 bits per heavy atom. The number of fused-ring (bicyclic) bond motifs is 1. The summed E-state index contributed by atoms with van der Waals surface area (Å²) in [5.74, 6) is 6.72. The second-order valence-corrected chi connectivity index (χ2v) is 5.39. The average Bonchev–Trinajstić information content (AvgIpc) is 2.55. The predicted octanol–water partition coefficient (Wildman–Crippen LogP) is 1.81. The fraction of sp³-hybridized carbons (Fsp3) is 0.467. The van der Waals surface area contributed by atoms with Crippen LogP contribution in [-0.4, -0.2) is 41.0 Å². The van der Waals surface area contributed by atoms with E-state index >= 15 is 0 Å². The van der Waals surface area contributed by atoms with Crippen molar-refractivity contribution in [2.75, 3.05) is 36.9 Å². The van der Waals surface area contributed by atoms with Crippen molar-refractivity contribution in [3.63, 3.8) is 0 Å². The number of likely N-dealkylation sites (tertiary alicyclic amines) is 1. The van der Waals surface area contributed by atoms with Gasteiger partial charge in [0.05, 0.1) is 5.52 Å². The molecule has 2 aromatic rings. The number of nitrogens with zero attached hydrogens (tertiary/aromatic N) is 3. The summed E-state index contributed by atoms with van der Waals surface area (Å²) in [5.41, 5.74) is 3.42. The van der Waals surface area contributed by atoms with E-state index in [9.17, 15) is 0 Å². The maximum atomic E-state index is 5.44. The maximum Gasteiger partial charge on any atom is 0.239 e. The normalized spacial score (nSPS) is 16.0. The minimum absolute atomic E-state index is 0.439. The van der Waals surface area contributed by atoms with Crippen molar-refractivity contribution >= 4 is 22.7 Å². The zero-order valence-corrected chi connectivity index (χ0v) is 12.2. The van der Waals surface area contributed by atoms with E-state index < -0.39 is 0 Å². The number of rotatable bonds is 5. The SMILES string of the molecule is NNc1nc(NCCN2CCCCC2)c2ccccc2n1. The molecule has 0 radical (unpaired) electrons. The molecule has 6 nitrogen and oxygen atoms in total. The van der Waals surface area contributed by atoms with Gasteiger partial charge in [-0.2, -0.15) is 4.98 Å². The van der Waals surface area contributed by atoms with Crippen LogP contribution < -0.4 is 16.6 Å². The van der Waals surface area contributed by atoms with Crippen LogP contribution in [0.3, 0.4) is 0 Å². The largest absolute Gasteiger partial charge is 0.368 e. The van der Waals surface area contributed by atoms with Crippen molar-refractivity contribution in [1.29, 1.82) is 0 Å². The van der Waals surface area contributed by atoms with Crippen LogP contribution in [0.25, 0.3) is 10.9 Å². The summed E-state index contributed by atoms with van der Waals surface area (Å²) in [6.45, 7) is 4.35. The van der Waals surface area contributed by atoms with Gasteiger partial charge in [0.25, 0.3) is 0 Å². The lowest BCUT2D eigenvalue weighted by molar-refractivity contribution is 0.237. The molecule has 2 heterocycles. The molecule has 1 fully saturated rings. The lowest BCUT2D eigenvalue weighted by Gasteiger charge is -2.26. The number of hydrogen-bond acceptors (Lipinski definition) is 6. The summed E-state index contributed by atoms with van der Waals surface area (Å²) in [4.78, 5) is 11.3. The first kappa shape index (κ1) is 14.0. The first-order chi connectivity index (χ1) is 10.4. The summed E-state index contributed by atoms with van der Waals surface area (Å²) in [5, 5.41) is 4.44. The minimum Gasteiger partial charge on any atom is -0.368 e. The van der Waals surface area contributed by atoms with Crippen LogP contribution >= 0.6 is 0 Å². The van der Waals surface area contributed by atoms with Crippen LogP contribution in [0, 0.1) is 0 Å². The topological polar surface area (TPSA) is 79.1 Å². The van der Waals surface area contributed by atoms with Gasteiger partial charge in [-0.3, -0.25) is 5.43 Å². The highest BCUT2D eigenvalue weighted by molar-refractivity contribution is 5.89. The number of aromatic nitrogens is 2. The van der Waals surface area contributed by atoms with Crippen LogP contribution in [0.1, 0.15) is 19.3 Å². The molecule has 1 aromatic heterocycles. The molecule has 0 unspecified atom stereocenters. The highest BCUT2D eigenvalue weighted by Crippen LogP contribution is 2.21. The van der Waals surface area contributed by atoms with Crippen LogP contribution in [0.4, 0.5) is 11.8 Å². The molecule has 0 atom stereocenters. The summed E-state index contributed by atoms with van der Waals surface area (Å²) in [6, 6.07) is 7.96. The van der Waals surface area contributed by atoms with Gasteiger partial charge in [-0.1, -0.05) is 18.6 Å². The molecule has 0 spiro atoms. The molecule has 112 valence electrons. The lowest BCUT2D eigenvalue weighted by Crippen LogP contribution is -2.33. The Morgan fingerprint density at radius 2 is 1.90 bits per heavy atom. The summed E-state index contributed by atoms with van der Waals surface area (Å²) in [7, 11) is 0. The van der Waals surface area contributed by atoms with Gasteiger partial charge >= 0.3 is 0 Å². The fourth-order valence-electron chi connectivity index (χ4n) is 2.79. The molecule has 0 aliphatic carbocycles. The fourth-order valence-corrected chi connectivity index (χ4v) is 2.79. The Balaban J connectivity index is 1.70. The van der Waals surface area contributed by atoms with E-state index in [1.54, 1.807) is 0 Å². The second kappa shape index (κ2) is 6.69. The number of hydrazine groups is 1. The standard InChI is InChI=1S/C15H22N6/c16-20-15-18-13-7-3-2-6-12(13)14(19-15)17-8-11-21-9-4-1-5-10-21/h2-3,6-7H,1,4-5,8-11,16H2,(H2,17,18,19,20). The van der Waals surface area contributed by atoms with E-state index in [4.69, 9.17) is 5.84 Å². The van der Waals surface area contributed by atoms with Gasteiger partial charge in [0.1, 0.15) is 5.82 Å². The summed E-state index contributed by atoms with van der Waals surface area (Å²) < 4.78 is 0. The number of benzene rings is 1. The molecule has 1 aliphatic heterocycles. The highest BCUT2D eigenvalue weighted by atomic mass is 15.3. The first-order valence-corrected chi connectivity index (χ1v) is 7.56. The molecular weight excluding hydrogens is 264 g/mol. The van der Waals surface area contributed by atoms with Crippen LogP contribution in [0.2, 0.25) is 0 Å².